The average molecular weight is 328 g/mol. The van der Waals surface area contributed by atoms with Gasteiger partial charge < -0.3 is 9.64 Å². The summed E-state index contributed by atoms with van der Waals surface area (Å²) in [5.41, 5.74) is 1.67. The highest BCUT2D eigenvalue weighted by atomic mass is 79.9. The van der Waals surface area contributed by atoms with Crippen LogP contribution < -0.4 is 0 Å². The van der Waals surface area contributed by atoms with Crippen molar-refractivity contribution in [3.8, 4) is 0 Å². The molecule has 0 aliphatic rings. The van der Waals surface area contributed by atoms with E-state index in [1.807, 2.05) is 19.1 Å². The molecule has 1 aromatic carbocycles. The van der Waals surface area contributed by atoms with Crippen LogP contribution in [0.2, 0.25) is 0 Å². The molecule has 0 radical (unpaired) electrons. The van der Waals surface area contributed by atoms with Gasteiger partial charge in [-0.05, 0) is 37.1 Å². The SMILES string of the molecule is COC(=O)CCCN(C)C(=O)c1cc(C)cc(Br)c1. The largest absolute Gasteiger partial charge is 0.469 e. The monoisotopic (exact) mass is 327 g/mol. The highest BCUT2D eigenvalue weighted by Gasteiger charge is 2.13. The van der Waals surface area contributed by atoms with Gasteiger partial charge in [0.2, 0.25) is 0 Å². The number of carbonyl (C=O) groups excluding carboxylic acids is 2. The summed E-state index contributed by atoms with van der Waals surface area (Å²) in [5.74, 6) is -0.298. The Labute approximate surface area is 121 Å². The van der Waals surface area contributed by atoms with E-state index in [0.717, 1.165) is 10.0 Å². The van der Waals surface area contributed by atoms with Gasteiger partial charge in [0, 0.05) is 30.0 Å². The van der Waals surface area contributed by atoms with E-state index in [0.29, 0.717) is 24.9 Å². The fourth-order valence-corrected chi connectivity index (χ4v) is 2.35. The molecule has 0 saturated carbocycles. The van der Waals surface area contributed by atoms with Crippen molar-refractivity contribution in [1.29, 1.82) is 0 Å². The second kappa shape index (κ2) is 7.28. The molecule has 0 fully saturated rings. The minimum Gasteiger partial charge on any atom is -0.469 e. The summed E-state index contributed by atoms with van der Waals surface area (Å²) < 4.78 is 5.45. The Morgan fingerprint density at radius 1 is 1.32 bits per heavy atom. The van der Waals surface area contributed by atoms with Gasteiger partial charge in [0.25, 0.3) is 5.91 Å². The molecule has 0 N–H and O–H groups in total. The summed E-state index contributed by atoms with van der Waals surface area (Å²) in [4.78, 5) is 24.8. The summed E-state index contributed by atoms with van der Waals surface area (Å²) in [6.45, 7) is 2.47. The van der Waals surface area contributed by atoms with Gasteiger partial charge in [-0.15, -0.1) is 0 Å². The van der Waals surface area contributed by atoms with E-state index in [9.17, 15) is 9.59 Å². The number of benzene rings is 1. The van der Waals surface area contributed by atoms with Gasteiger partial charge in [0.05, 0.1) is 7.11 Å². The maximum atomic E-state index is 12.2. The molecule has 1 aromatic rings. The molecule has 1 amide bonds. The second-order valence-corrected chi connectivity index (χ2v) is 5.34. The van der Waals surface area contributed by atoms with Crippen molar-refractivity contribution in [2.75, 3.05) is 20.7 Å². The zero-order chi connectivity index (χ0) is 14.4. The Morgan fingerprint density at radius 3 is 2.58 bits per heavy atom. The molecule has 4 nitrogen and oxygen atoms in total. The van der Waals surface area contributed by atoms with Gasteiger partial charge in [-0.1, -0.05) is 15.9 Å². The number of esters is 1. The lowest BCUT2D eigenvalue weighted by Crippen LogP contribution is -2.28. The fourth-order valence-electron chi connectivity index (χ4n) is 1.74. The van der Waals surface area contributed by atoms with Gasteiger partial charge in [0.15, 0.2) is 0 Å². The lowest BCUT2D eigenvalue weighted by Gasteiger charge is -2.17. The lowest BCUT2D eigenvalue weighted by molar-refractivity contribution is -0.140. The quantitative estimate of drug-likeness (QED) is 0.781. The Morgan fingerprint density at radius 2 is 2.00 bits per heavy atom. The predicted molar refractivity (Wildman–Crippen MR) is 77.1 cm³/mol. The summed E-state index contributed by atoms with van der Waals surface area (Å²) in [7, 11) is 3.09. The van der Waals surface area contributed by atoms with Crippen LogP contribution in [0.15, 0.2) is 22.7 Å². The molecule has 0 bridgehead atoms. The number of hydrogen-bond donors (Lipinski definition) is 0. The van der Waals surface area contributed by atoms with E-state index in [1.54, 1.807) is 18.0 Å². The third-order valence-corrected chi connectivity index (χ3v) is 3.20. The third-order valence-electron chi connectivity index (χ3n) is 2.74. The van der Waals surface area contributed by atoms with E-state index >= 15 is 0 Å². The van der Waals surface area contributed by atoms with Crippen LogP contribution in [0.5, 0.6) is 0 Å². The fraction of sp³-hybridized carbons (Fsp3) is 0.429. The predicted octanol–water partition coefficient (Wildman–Crippen LogP) is 2.78. The third kappa shape index (κ3) is 5.03. The Kier molecular flexibility index (Phi) is 6.02. The minimum atomic E-state index is -0.251. The van der Waals surface area contributed by atoms with Crippen LogP contribution in [0.25, 0.3) is 0 Å². The van der Waals surface area contributed by atoms with E-state index in [2.05, 4.69) is 20.7 Å². The Hall–Kier alpha value is -1.36. The van der Waals surface area contributed by atoms with Crippen LogP contribution in [0, 0.1) is 6.92 Å². The molecule has 0 aliphatic carbocycles. The van der Waals surface area contributed by atoms with E-state index < -0.39 is 0 Å². The maximum Gasteiger partial charge on any atom is 0.305 e. The summed E-state index contributed by atoms with van der Waals surface area (Å²) in [6, 6.07) is 5.60. The molecule has 0 aliphatic heterocycles. The molecule has 0 spiro atoms. The Balaban J connectivity index is 2.59. The first kappa shape index (κ1) is 15.7. The van der Waals surface area contributed by atoms with Crippen LogP contribution in [-0.4, -0.2) is 37.5 Å². The Bertz CT molecular complexity index is 454. The normalized spacial score (nSPS) is 10.1. The molecule has 0 unspecified atom stereocenters. The molecule has 0 aromatic heterocycles. The number of aryl methyl sites for hydroxylation is 1. The first-order valence-corrected chi connectivity index (χ1v) is 6.83. The number of amides is 1. The van der Waals surface area contributed by atoms with Crippen molar-refractivity contribution in [1.82, 2.24) is 4.90 Å². The molecule has 1 rings (SSSR count). The van der Waals surface area contributed by atoms with Crippen LogP contribution in [-0.2, 0) is 9.53 Å². The number of ether oxygens (including phenoxy) is 1. The smallest absolute Gasteiger partial charge is 0.305 e. The summed E-state index contributed by atoms with van der Waals surface area (Å²) in [5, 5.41) is 0. The van der Waals surface area contributed by atoms with Gasteiger partial charge in [-0.25, -0.2) is 0 Å². The highest BCUT2D eigenvalue weighted by Crippen LogP contribution is 2.16. The number of hydrogen-bond acceptors (Lipinski definition) is 3. The molecular weight excluding hydrogens is 310 g/mol. The molecule has 5 heteroatoms. The average Bonchev–Trinajstić information content (AvgIpc) is 2.36. The van der Waals surface area contributed by atoms with Crippen molar-refractivity contribution in [3.63, 3.8) is 0 Å². The van der Waals surface area contributed by atoms with Gasteiger partial charge in [-0.3, -0.25) is 9.59 Å². The number of nitrogens with zero attached hydrogens (tertiary/aromatic N) is 1. The van der Waals surface area contributed by atoms with E-state index in [1.165, 1.54) is 7.11 Å². The molecule has 0 heterocycles. The van der Waals surface area contributed by atoms with Crippen molar-refractivity contribution < 1.29 is 14.3 Å². The number of carbonyl (C=O) groups is 2. The van der Waals surface area contributed by atoms with Gasteiger partial charge in [-0.2, -0.15) is 0 Å². The van der Waals surface area contributed by atoms with Gasteiger partial charge in [0.1, 0.15) is 0 Å². The van der Waals surface area contributed by atoms with Crippen molar-refractivity contribution in [3.05, 3.63) is 33.8 Å². The zero-order valence-electron chi connectivity index (χ0n) is 11.4. The van der Waals surface area contributed by atoms with Gasteiger partial charge >= 0.3 is 5.97 Å². The van der Waals surface area contributed by atoms with Crippen molar-refractivity contribution in [2.45, 2.75) is 19.8 Å². The zero-order valence-corrected chi connectivity index (χ0v) is 13.0. The standard InChI is InChI=1S/C14H18BrNO3/c1-10-7-11(9-12(15)8-10)14(18)16(2)6-4-5-13(17)19-3/h7-9H,4-6H2,1-3H3. The molecule has 0 saturated heterocycles. The van der Waals surface area contributed by atoms with Crippen LogP contribution in [0.3, 0.4) is 0 Å². The summed E-state index contributed by atoms with van der Waals surface area (Å²) in [6.07, 6.45) is 0.924. The van der Waals surface area contributed by atoms with E-state index in [-0.39, 0.29) is 11.9 Å². The van der Waals surface area contributed by atoms with Crippen molar-refractivity contribution >= 4 is 27.8 Å². The van der Waals surface area contributed by atoms with Crippen LogP contribution in [0.1, 0.15) is 28.8 Å². The maximum absolute atomic E-state index is 12.2. The topological polar surface area (TPSA) is 46.6 Å². The minimum absolute atomic E-state index is 0.0470. The van der Waals surface area contributed by atoms with E-state index in [4.69, 9.17) is 0 Å². The molecule has 104 valence electrons. The second-order valence-electron chi connectivity index (χ2n) is 4.42. The molecule has 0 atom stereocenters. The first-order valence-electron chi connectivity index (χ1n) is 6.03. The molecular formula is C14H18BrNO3. The first-order chi connectivity index (χ1) is 8.93. The van der Waals surface area contributed by atoms with Crippen LogP contribution >= 0.6 is 15.9 Å². The highest BCUT2D eigenvalue weighted by molar-refractivity contribution is 9.10. The summed E-state index contributed by atoms with van der Waals surface area (Å²) >= 11 is 3.38. The van der Waals surface area contributed by atoms with Crippen molar-refractivity contribution in [2.24, 2.45) is 0 Å². The lowest BCUT2D eigenvalue weighted by atomic mass is 10.1. The van der Waals surface area contributed by atoms with Crippen LogP contribution in [0.4, 0.5) is 0 Å². The molecule has 19 heavy (non-hydrogen) atoms. The number of rotatable bonds is 5. The number of methoxy groups -OCH3 is 1. The number of halogens is 1.